The highest BCUT2D eigenvalue weighted by Crippen LogP contribution is 2.33. The molecule has 0 fully saturated rings. The van der Waals surface area contributed by atoms with Gasteiger partial charge in [-0.2, -0.15) is 0 Å². The van der Waals surface area contributed by atoms with Gasteiger partial charge in [0.05, 0.1) is 7.11 Å². The van der Waals surface area contributed by atoms with Crippen LogP contribution in [-0.4, -0.2) is 24.7 Å². The smallest absolute Gasteiger partial charge is 0.323 e. The molecule has 1 aromatic heterocycles. The van der Waals surface area contributed by atoms with Crippen molar-refractivity contribution in [3.8, 4) is 16.9 Å². The number of anilines is 3. The van der Waals surface area contributed by atoms with Crippen LogP contribution in [0.2, 0.25) is 0 Å². The van der Waals surface area contributed by atoms with E-state index in [0.717, 1.165) is 40.3 Å². The Morgan fingerprint density at radius 1 is 1.03 bits per heavy atom. The molecule has 0 atom stereocenters. The number of rotatable bonds is 6. The average Bonchev–Trinajstić information content (AvgIpc) is 2.71. The highest BCUT2D eigenvalue weighted by molar-refractivity contribution is 6.01. The van der Waals surface area contributed by atoms with Gasteiger partial charge < -0.3 is 20.7 Å². The van der Waals surface area contributed by atoms with Crippen LogP contribution in [0.3, 0.4) is 0 Å². The summed E-state index contributed by atoms with van der Waals surface area (Å²) in [6.07, 6.45) is 1.76. The number of benzene rings is 2. The SMILES string of the molecule is CCNc1cc(-c2ccc(NC(=O)Nc3c(C)cccc3C)cc2OC)ccn1. The Hall–Kier alpha value is -3.54. The zero-order chi connectivity index (χ0) is 20.8. The molecular formula is C23H26N4O2. The molecule has 0 unspecified atom stereocenters. The maximum absolute atomic E-state index is 12.5. The standard InChI is InChI=1S/C23H26N4O2/c1-5-24-21-13-17(11-12-25-21)19-10-9-18(14-20(19)29-4)26-23(28)27-22-15(2)7-6-8-16(22)3/h6-14H,5H2,1-4H3,(H,24,25)(H2,26,27,28). The maximum atomic E-state index is 12.5. The molecule has 3 rings (SSSR count). The van der Waals surface area contributed by atoms with Crippen LogP contribution in [0.4, 0.5) is 22.0 Å². The summed E-state index contributed by atoms with van der Waals surface area (Å²) in [7, 11) is 1.62. The number of hydrogen-bond acceptors (Lipinski definition) is 4. The first kappa shape index (κ1) is 20.2. The average molecular weight is 390 g/mol. The number of methoxy groups -OCH3 is 1. The lowest BCUT2D eigenvalue weighted by atomic mass is 10.0. The number of amides is 2. The van der Waals surface area contributed by atoms with E-state index in [1.54, 1.807) is 13.3 Å². The van der Waals surface area contributed by atoms with Crippen LogP contribution >= 0.6 is 0 Å². The Bertz CT molecular complexity index is 997. The van der Waals surface area contributed by atoms with Gasteiger partial charge in [-0.05, 0) is 61.7 Å². The molecule has 3 N–H and O–H groups in total. The largest absolute Gasteiger partial charge is 0.496 e. The van der Waals surface area contributed by atoms with Crippen molar-refractivity contribution in [2.75, 3.05) is 29.6 Å². The number of nitrogens with zero attached hydrogens (tertiary/aromatic N) is 1. The van der Waals surface area contributed by atoms with Crippen molar-refractivity contribution in [3.05, 3.63) is 65.9 Å². The van der Waals surface area contributed by atoms with Gasteiger partial charge in [0.25, 0.3) is 0 Å². The minimum Gasteiger partial charge on any atom is -0.496 e. The monoisotopic (exact) mass is 390 g/mol. The maximum Gasteiger partial charge on any atom is 0.323 e. The van der Waals surface area contributed by atoms with E-state index in [4.69, 9.17) is 4.74 Å². The molecule has 0 aliphatic carbocycles. The third-order valence-corrected chi connectivity index (χ3v) is 4.61. The number of para-hydroxylation sites is 1. The summed E-state index contributed by atoms with van der Waals surface area (Å²) in [5.74, 6) is 1.48. The molecule has 6 heteroatoms. The fourth-order valence-corrected chi connectivity index (χ4v) is 3.17. The van der Waals surface area contributed by atoms with Crippen molar-refractivity contribution < 1.29 is 9.53 Å². The molecule has 2 amide bonds. The number of carbonyl (C=O) groups is 1. The topological polar surface area (TPSA) is 75.3 Å². The predicted octanol–water partition coefficient (Wildman–Crippen LogP) is 5.45. The van der Waals surface area contributed by atoms with E-state index < -0.39 is 0 Å². The van der Waals surface area contributed by atoms with Crippen LogP contribution in [0.15, 0.2) is 54.7 Å². The second kappa shape index (κ2) is 9.10. The molecule has 0 spiro atoms. The fourth-order valence-electron chi connectivity index (χ4n) is 3.17. The Morgan fingerprint density at radius 3 is 2.48 bits per heavy atom. The van der Waals surface area contributed by atoms with E-state index in [1.165, 1.54) is 0 Å². The molecule has 0 bridgehead atoms. The Kier molecular flexibility index (Phi) is 6.34. The lowest BCUT2D eigenvalue weighted by Crippen LogP contribution is -2.20. The van der Waals surface area contributed by atoms with Crippen LogP contribution < -0.4 is 20.7 Å². The zero-order valence-corrected chi connectivity index (χ0v) is 17.2. The molecule has 0 radical (unpaired) electrons. The number of hydrogen-bond donors (Lipinski definition) is 3. The molecule has 150 valence electrons. The molecule has 0 saturated carbocycles. The minimum atomic E-state index is -0.296. The Labute approximate surface area is 171 Å². The van der Waals surface area contributed by atoms with E-state index in [0.29, 0.717) is 11.4 Å². The third kappa shape index (κ3) is 4.85. The first-order valence-corrected chi connectivity index (χ1v) is 9.54. The number of nitrogens with one attached hydrogen (secondary N) is 3. The molecular weight excluding hydrogens is 364 g/mol. The number of pyridine rings is 1. The van der Waals surface area contributed by atoms with Crippen LogP contribution in [0, 0.1) is 13.8 Å². The normalized spacial score (nSPS) is 10.3. The summed E-state index contributed by atoms with van der Waals surface area (Å²) in [4.78, 5) is 16.8. The molecule has 0 aliphatic rings. The second-order valence-corrected chi connectivity index (χ2v) is 6.72. The quantitative estimate of drug-likeness (QED) is 0.523. The molecule has 3 aromatic rings. The van der Waals surface area contributed by atoms with Crippen molar-refractivity contribution in [3.63, 3.8) is 0 Å². The summed E-state index contributed by atoms with van der Waals surface area (Å²) in [5, 5.41) is 9.01. The number of aromatic nitrogens is 1. The highest BCUT2D eigenvalue weighted by atomic mass is 16.5. The van der Waals surface area contributed by atoms with Crippen LogP contribution in [0.1, 0.15) is 18.1 Å². The molecule has 6 nitrogen and oxygen atoms in total. The Balaban J connectivity index is 1.80. The van der Waals surface area contributed by atoms with Gasteiger partial charge in [-0.15, -0.1) is 0 Å². The van der Waals surface area contributed by atoms with E-state index in [9.17, 15) is 4.79 Å². The van der Waals surface area contributed by atoms with Crippen molar-refractivity contribution in [1.82, 2.24) is 4.98 Å². The van der Waals surface area contributed by atoms with E-state index in [1.807, 2.05) is 69.3 Å². The van der Waals surface area contributed by atoms with Crippen molar-refractivity contribution in [1.29, 1.82) is 0 Å². The summed E-state index contributed by atoms with van der Waals surface area (Å²) >= 11 is 0. The minimum absolute atomic E-state index is 0.296. The van der Waals surface area contributed by atoms with Crippen molar-refractivity contribution in [2.45, 2.75) is 20.8 Å². The third-order valence-electron chi connectivity index (χ3n) is 4.61. The summed E-state index contributed by atoms with van der Waals surface area (Å²) < 4.78 is 5.57. The molecule has 29 heavy (non-hydrogen) atoms. The lowest BCUT2D eigenvalue weighted by molar-refractivity contribution is 0.262. The van der Waals surface area contributed by atoms with Crippen LogP contribution in [-0.2, 0) is 0 Å². The first-order chi connectivity index (χ1) is 14.0. The fraction of sp³-hybridized carbons (Fsp3) is 0.217. The lowest BCUT2D eigenvalue weighted by Gasteiger charge is -2.14. The highest BCUT2D eigenvalue weighted by Gasteiger charge is 2.11. The molecule has 2 aromatic carbocycles. The van der Waals surface area contributed by atoms with Gasteiger partial charge in [-0.1, -0.05) is 18.2 Å². The molecule has 0 aliphatic heterocycles. The van der Waals surface area contributed by atoms with Crippen molar-refractivity contribution >= 4 is 23.2 Å². The van der Waals surface area contributed by atoms with Crippen LogP contribution in [0.25, 0.3) is 11.1 Å². The molecule has 1 heterocycles. The van der Waals surface area contributed by atoms with E-state index in [2.05, 4.69) is 20.9 Å². The predicted molar refractivity (Wildman–Crippen MR) is 119 cm³/mol. The first-order valence-electron chi connectivity index (χ1n) is 9.54. The van der Waals surface area contributed by atoms with Gasteiger partial charge in [-0.3, -0.25) is 0 Å². The molecule has 0 saturated heterocycles. The zero-order valence-electron chi connectivity index (χ0n) is 17.2. The van der Waals surface area contributed by atoms with Gasteiger partial charge in [0.1, 0.15) is 11.6 Å². The number of aryl methyl sites for hydroxylation is 2. The van der Waals surface area contributed by atoms with Crippen LogP contribution in [0.5, 0.6) is 5.75 Å². The van der Waals surface area contributed by atoms with Gasteiger partial charge in [0.15, 0.2) is 0 Å². The second-order valence-electron chi connectivity index (χ2n) is 6.72. The number of ether oxygens (including phenoxy) is 1. The van der Waals surface area contributed by atoms with Gasteiger partial charge in [0, 0.05) is 35.7 Å². The summed E-state index contributed by atoms with van der Waals surface area (Å²) in [6.45, 7) is 6.76. The van der Waals surface area contributed by atoms with E-state index in [-0.39, 0.29) is 6.03 Å². The number of carbonyl (C=O) groups excluding carboxylic acids is 1. The van der Waals surface area contributed by atoms with Gasteiger partial charge >= 0.3 is 6.03 Å². The number of urea groups is 1. The van der Waals surface area contributed by atoms with E-state index >= 15 is 0 Å². The van der Waals surface area contributed by atoms with Gasteiger partial charge in [0.2, 0.25) is 0 Å². The summed E-state index contributed by atoms with van der Waals surface area (Å²) in [6, 6.07) is 15.1. The van der Waals surface area contributed by atoms with Gasteiger partial charge in [-0.25, -0.2) is 9.78 Å². The summed E-state index contributed by atoms with van der Waals surface area (Å²) in [5.41, 5.74) is 5.41. The van der Waals surface area contributed by atoms with Crippen molar-refractivity contribution in [2.24, 2.45) is 0 Å². The Morgan fingerprint density at radius 2 is 1.79 bits per heavy atom.